The van der Waals surface area contributed by atoms with Crippen molar-refractivity contribution in [2.45, 2.75) is 26.7 Å². The molecule has 2 aromatic heterocycles. The number of tetrazole rings is 1. The van der Waals surface area contributed by atoms with Crippen LogP contribution in [0, 0.1) is 0 Å². The van der Waals surface area contributed by atoms with Crippen LogP contribution in [0.25, 0.3) is 22.3 Å². The van der Waals surface area contributed by atoms with E-state index in [4.69, 9.17) is 9.73 Å². The van der Waals surface area contributed by atoms with Gasteiger partial charge in [-0.15, -0.1) is 10.2 Å². The highest BCUT2D eigenvalue weighted by atomic mass is 16.5. The maximum Gasteiger partial charge on any atom is 0.338 e. The van der Waals surface area contributed by atoms with E-state index in [1.54, 1.807) is 25.1 Å². The maximum atomic E-state index is 12.0. The molecule has 0 saturated heterocycles. The summed E-state index contributed by atoms with van der Waals surface area (Å²) < 4.78 is 5.06. The van der Waals surface area contributed by atoms with Crippen LogP contribution in [0.15, 0.2) is 47.5 Å². The molecule has 9 nitrogen and oxygen atoms in total. The molecule has 0 fully saturated rings. The summed E-state index contributed by atoms with van der Waals surface area (Å²) in [5, 5.41) is 25.4. The summed E-state index contributed by atoms with van der Waals surface area (Å²) in [5.41, 5.74) is 4.03. The van der Waals surface area contributed by atoms with Crippen LogP contribution >= 0.6 is 0 Å². The second-order valence-electron chi connectivity index (χ2n) is 6.92. The number of carbonyl (C=O) groups is 1. The lowest BCUT2D eigenvalue weighted by Gasteiger charge is -2.07. The first-order valence-corrected chi connectivity index (χ1v) is 10.0. The topological polar surface area (TPSA) is 129 Å². The quantitative estimate of drug-likeness (QED) is 0.305. The predicted molar refractivity (Wildman–Crippen MR) is 117 cm³/mol. The maximum absolute atomic E-state index is 12.0. The van der Waals surface area contributed by atoms with E-state index in [9.17, 15) is 9.90 Å². The number of ether oxygens (including phenoxy) is 1. The smallest absolute Gasteiger partial charge is 0.338 e. The SMILES string of the molecule is CCCC(=Nc1ccc(-c2nn[nH]n2)cc1)c1c(O)[nH]c2cc(C(=O)OCC)ccc12. The average molecular weight is 418 g/mol. The summed E-state index contributed by atoms with van der Waals surface area (Å²) in [7, 11) is 0. The molecule has 158 valence electrons. The Labute approximate surface area is 178 Å². The number of aromatic amines is 2. The zero-order valence-corrected chi connectivity index (χ0v) is 17.2. The van der Waals surface area contributed by atoms with Crippen molar-refractivity contribution in [2.75, 3.05) is 6.61 Å². The number of fused-ring (bicyclic) bond motifs is 1. The van der Waals surface area contributed by atoms with Gasteiger partial charge < -0.3 is 14.8 Å². The van der Waals surface area contributed by atoms with Crippen LogP contribution in [0.4, 0.5) is 5.69 Å². The molecule has 0 bridgehead atoms. The van der Waals surface area contributed by atoms with Crippen LogP contribution in [0.2, 0.25) is 0 Å². The van der Waals surface area contributed by atoms with Gasteiger partial charge in [0.25, 0.3) is 0 Å². The molecule has 0 spiro atoms. The molecule has 0 atom stereocenters. The number of carbonyl (C=O) groups excluding carboxylic acids is 1. The van der Waals surface area contributed by atoms with Crippen LogP contribution < -0.4 is 0 Å². The number of esters is 1. The van der Waals surface area contributed by atoms with E-state index in [2.05, 4.69) is 32.5 Å². The molecule has 31 heavy (non-hydrogen) atoms. The number of benzene rings is 2. The van der Waals surface area contributed by atoms with E-state index >= 15 is 0 Å². The summed E-state index contributed by atoms with van der Waals surface area (Å²) in [6.45, 7) is 4.12. The zero-order chi connectivity index (χ0) is 21.8. The Balaban J connectivity index is 1.72. The molecule has 0 amide bonds. The molecule has 0 aliphatic rings. The molecule has 4 rings (SSSR count). The highest BCUT2D eigenvalue weighted by Crippen LogP contribution is 2.31. The highest BCUT2D eigenvalue weighted by molar-refractivity contribution is 6.14. The second-order valence-corrected chi connectivity index (χ2v) is 6.92. The molecular formula is C22H22N6O3. The van der Waals surface area contributed by atoms with Crippen molar-refractivity contribution in [1.29, 1.82) is 0 Å². The molecule has 0 aliphatic carbocycles. The van der Waals surface area contributed by atoms with Gasteiger partial charge in [-0.2, -0.15) is 5.21 Å². The van der Waals surface area contributed by atoms with Crippen molar-refractivity contribution < 1.29 is 14.6 Å². The number of nitrogens with zero attached hydrogens (tertiary/aromatic N) is 4. The van der Waals surface area contributed by atoms with Crippen molar-refractivity contribution in [3.05, 3.63) is 53.6 Å². The minimum atomic E-state index is -0.399. The normalized spacial score (nSPS) is 11.7. The molecule has 0 saturated carbocycles. The Bertz CT molecular complexity index is 1230. The first kappa shape index (κ1) is 20.3. The van der Waals surface area contributed by atoms with Gasteiger partial charge in [0.15, 0.2) is 5.88 Å². The van der Waals surface area contributed by atoms with Crippen LogP contribution in [0.1, 0.15) is 42.6 Å². The molecular weight excluding hydrogens is 396 g/mol. The molecule has 4 aromatic rings. The van der Waals surface area contributed by atoms with E-state index in [0.29, 0.717) is 35.5 Å². The van der Waals surface area contributed by atoms with Crippen molar-refractivity contribution in [1.82, 2.24) is 25.6 Å². The lowest BCUT2D eigenvalue weighted by molar-refractivity contribution is 0.0526. The fourth-order valence-corrected chi connectivity index (χ4v) is 3.42. The second kappa shape index (κ2) is 8.78. The lowest BCUT2D eigenvalue weighted by atomic mass is 10.0. The van der Waals surface area contributed by atoms with Gasteiger partial charge >= 0.3 is 5.97 Å². The number of hydrogen-bond acceptors (Lipinski definition) is 7. The fraction of sp³-hybridized carbons (Fsp3) is 0.227. The molecule has 3 N–H and O–H groups in total. The molecule has 2 aromatic carbocycles. The van der Waals surface area contributed by atoms with Gasteiger partial charge in [-0.3, -0.25) is 4.99 Å². The van der Waals surface area contributed by atoms with E-state index in [-0.39, 0.29) is 5.88 Å². The van der Waals surface area contributed by atoms with Crippen molar-refractivity contribution in [3.8, 4) is 17.3 Å². The Morgan fingerprint density at radius 1 is 1.16 bits per heavy atom. The Hall–Kier alpha value is -4.01. The highest BCUT2D eigenvalue weighted by Gasteiger charge is 2.18. The predicted octanol–water partition coefficient (Wildman–Crippen LogP) is 4.15. The molecule has 0 radical (unpaired) electrons. The monoisotopic (exact) mass is 418 g/mol. The lowest BCUT2D eigenvalue weighted by Crippen LogP contribution is -2.04. The number of rotatable bonds is 7. The van der Waals surface area contributed by atoms with Gasteiger partial charge in [0.05, 0.1) is 29.1 Å². The molecule has 0 aliphatic heterocycles. The van der Waals surface area contributed by atoms with E-state index in [1.807, 2.05) is 24.3 Å². The molecule has 0 unspecified atom stereocenters. The standard InChI is InChI=1S/C22H22N6O3/c1-3-5-17(23-15-9-6-13(7-10-15)20-25-27-28-26-20)19-16-11-8-14(22(30)31-4-2)12-18(16)24-21(19)29/h6-12,24,29H,3-5H2,1-2H3,(H,25,26,27,28). The van der Waals surface area contributed by atoms with Gasteiger partial charge in [-0.1, -0.05) is 19.4 Å². The summed E-state index contributed by atoms with van der Waals surface area (Å²) in [5.74, 6) is 0.131. The molecule has 9 heteroatoms. The third-order valence-electron chi connectivity index (χ3n) is 4.80. The Morgan fingerprint density at radius 3 is 2.65 bits per heavy atom. The van der Waals surface area contributed by atoms with Gasteiger partial charge in [0, 0.05) is 16.5 Å². The zero-order valence-electron chi connectivity index (χ0n) is 17.2. The molecule has 2 heterocycles. The largest absolute Gasteiger partial charge is 0.494 e. The van der Waals surface area contributed by atoms with Gasteiger partial charge in [-0.25, -0.2) is 4.79 Å². The summed E-state index contributed by atoms with van der Waals surface area (Å²) in [6, 6.07) is 12.7. The van der Waals surface area contributed by atoms with Gasteiger partial charge in [-0.05, 0) is 55.0 Å². The average Bonchev–Trinajstić information content (AvgIpc) is 3.41. The van der Waals surface area contributed by atoms with Crippen molar-refractivity contribution in [3.63, 3.8) is 0 Å². The third-order valence-corrected chi connectivity index (χ3v) is 4.80. The van der Waals surface area contributed by atoms with Crippen LogP contribution in [0.3, 0.4) is 0 Å². The Morgan fingerprint density at radius 2 is 1.97 bits per heavy atom. The minimum absolute atomic E-state index is 0.0200. The number of hydrogen-bond donors (Lipinski definition) is 3. The summed E-state index contributed by atoms with van der Waals surface area (Å²) in [6.07, 6.45) is 1.53. The van der Waals surface area contributed by atoms with Gasteiger partial charge in [0.2, 0.25) is 5.82 Å². The van der Waals surface area contributed by atoms with Crippen LogP contribution in [-0.4, -0.2) is 49.0 Å². The summed E-state index contributed by atoms with van der Waals surface area (Å²) in [4.78, 5) is 19.8. The van der Waals surface area contributed by atoms with Crippen molar-refractivity contribution >= 4 is 28.3 Å². The Kier molecular flexibility index (Phi) is 5.74. The number of aliphatic imine (C=N–C) groups is 1. The fourth-order valence-electron chi connectivity index (χ4n) is 3.42. The van der Waals surface area contributed by atoms with Crippen molar-refractivity contribution in [2.24, 2.45) is 4.99 Å². The van der Waals surface area contributed by atoms with Crippen LogP contribution in [-0.2, 0) is 4.74 Å². The number of aromatic hydroxyl groups is 1. The van der Waals surface area contributed by atoms with Crippen LogP contribution in [0.5, 0.6) is 5.88 Å². The first-order chi connectivity index (χ1) is 15.1. The third kappa shape index (κ3) is 4.16. The minimum Gasteiger partial charge on any atom is -0.494 e. The van der Waals surface area contributed by atoms with E-state index in [0.717, 1.165) is 28.8 Å². The number of nitrogens with one attached hydrogen (secondary N) is 2. The van der Waals surface area contributed by atoms with Gasteiger partial charge in [0.1, 0.15) is 0 Å². The van der Waals surface area contributed by atoms with E-state index < -0.39 is 5.97 Å². The number of H-pyrrole nitrogens is 2. The first-order valence-electron chi connectivity index (χ1n) is 10.0. The summed E-state index contributed by atoms with van der Waals surface area (Å²) >= 11 is 0. The van der Waals surface area contributed by atoms with E-state index in [1.165, 1.54) is 0 Å². The number of aromatic nitrogens is 5.